The standard InChI is InChI=1S/C25H28ClN3O5S/c1-17(2)14-33-20-9-7-18(8-10-20)22-13-24(29(28-22)19-11-12-35(31,32)16-19)27-25(30)15-34-23-6-4-3-5-21(23)26/h3-10,13,17,19H,11-12,14-16H2,1-2H3,(H,27,30)/t19-/m1/s1. The minimum atomic E-state index is -3.14. The van der Waals surface area contributed by atoms with Crippen molar-refractivity contribution in [3.05, 3.63) is 59.6 Å². The molecule has 10 heteroatoms. The Bertz CT molecular complexity index is 1290. The third-order valence-corrected chi connectivity index (χ3v) is 7.55. The number of benzene rings is 2. The van der Waals surface area contributed by atoms with Crippen molar-refractivity contribution in [1.29, 1.82) is 0 Å². The maximum atomic E-state index is 12.7. The van der Waals surface area contributed by atoms with Crippen molar-refractivity contribution in [3.63, 3.8) is 0 Å². The summed E-state index contributed by atoms with van der Waals surface area (Å²) in [6.45, 7) is 4.53. The number of ether oxygens (including phenoxy) is 2. The number of carbonyl (C=O) groups excluding carboxylic acids is 1. The van der Waals surface area contributed by atoms with Crippen molar-refractivity contribution in [2.45, 2.75) is 26.3 Å². The van der Waals surface area contributed by atoms with Crippen molar-refractivity contribution < 1.29 is 22.7 Å². The Morgan fingerprint density at radius 2 is 1.91 bits per heavy atom. The van der Waals surface area contributed by atoms with Crippen LogP contribution in [0.1, 0.15) is 26.3 Å². The fourth-order valence-corrected chi connectivity index (χ4v) is 5.63. The van der Waals surface area contributed by atoms with Crippen molar-refractivity contribution >= 4 is 33.2 Å². The number of halogens is 1. The Balaban J connectivity index is 1.53. The largest absolute Gasteiger partial charge is 0.493 e. The second-order valence-electron chi connectivity index (χ2n) is 8.91. The molecule has 0 saturated carbocycles. The summed E-state index contributed by atoms with van der Waals surface area (Å²) in [6.07, 6.45) is 0.435. The van der Waals surface area contributed by atoms with Gasteiger partial charge in [0.15, 0.2) is 16.4 Å². The zero-order valence-corrected chi connectivity index (χ0v) is 21.2. The van der Waals surface area contributed by atoms with E-state index in [1.807, 2.05) is 24.3 Å². The van der Waals surface area contributed by atoms with Crippen molar-refractivity contribution in [2.24, 2.45) is 5.92 Å². The molecule has 8 nitrogen and oxygen atoms in total. The molecular weight excluding hydrogens is 490 g/mol. The smallest absolute Gasteiger partial charge is 0.263 e. The Hall–Kier alpha value is -3.04. The van der Waals surface area contributed by atoms with Crippen LogP contribution in [0.4, 0.5) is 5.82 Å². The van der Waals surface area contributed by atoms with Crippen molar-refractivity contribution in [2.75, 3.05) is 30.0 Å². The molecule has 2 aromatic carbocycles. The minimum absolute atomic E-state index is 0.0188. The van der Waals surface area contributed by atoms with E-state index >= 15 is 0 Å². The molecule has 4 rings (SSSR count). The van der Waals surface area contributed by atoms with Gasteiger partial charge in [-0.2, -0.15) is 5.10 Å². The van der Waals surface area contributed by atoms with Crippen LogP contribution in [0.25, 0.3) is 11.3 Å². The Kier molecular flexibility index (Phi) is 7.66. The minimum Gasteiger partial charge on any atom is -0.493 e. The van der Waals surface area contributed by atoms with Crippen molar-refractivity contribution in [1.82, 2.24) is 9.78 Å². The molecule has 1 atom stereocenters. The molecule has 2 heterocycles. The highest BCUT2D eigenvalue weighted by atomic mass is 35.5. The van der Waals surface area contributed by atoms with Gasteiger partial charge in [-0.3, -0.25) is 4.79 Å². The van der Waals surface area contributed by atoms with Gasteiger partial charge < -0.3 is 14.8 Å². The number of nitrogens with one attached hydrogen (secondary N) is 1. The van der Waals surface area contributed by atoms with Crippen LogP contribution in [-0.2, 0) is 14.6 Å². The molecule has 1 aliphatic heterocycles. The van der Waals surface area contributed by atoms with Crippen LogP contribution in [0.2, 0.25) is 5.02 Å². The van der Waals surface area contributed by atoms with Gasteiger partial charge in [0.25, 0.3) is 5.91 Å². The summed E-state index contributed by atoms with van der Waals surface area (Å²) in [6, 6.07) is 15.8. The predicted octanol–water partition coefficient (Wildman–Crippen LogP) is 4.62. The number of amides is 1. The van der Waals surface area contributed by atoms with Gasteiger partial charge in [-0.1, -0.05) is 37.6 Å². The lowest BCUT2D eigenvalue weighted by molar-refractivity contribution is -0.118. The Morgan fingerprint density at radius 3 is 2.57 bits per heavy atom. The molecule has 0 spiro atoms. The second-order valence-corrected chi connectivity index (χ2v) is 11.5. The van der Waals surface area contributed by atoms with E-state index in [9.17, 15) is 13.2 Å². The summed E-state index contributed by atoms with van der Waals surface area (Å²) in [5, 5.41) is 7.87. The normalized spacial score (nSPS) is 16.9. The maximum Gasteiger partial charge on any atom is 0.263 e. The van der Waals surface area contributed by atoms with E-state index in [0.717, 1.165) is 11.3 Å². The first-order chi connectivity index (χ1) is 16.7. The van der Waals surface area contributed by atoms with E-state index in [-0.39, 0.29) is 24.2 Å². The van der Waals surface area contributed by atoms with Crippen molar-refractivity contribution in [3.8, 4) is 22.8 Å². The number of sulfone groups is 1. The number of hydrogen-bond acceptors (Lipinski definition) is 6. The topological polar surface area (TPSA) is 99.5 Å². The number of rotatable bonds is 9. The zero-order chi connectivity index (χ0) is 25.0. The lowest BCUT2D eigenvalue weighted by Crippen LogP contribution is -2.23. The van der Waals surface area contributed by atoms with E-state index in [1.165, 1.54) is 0 Å². The number of anilines is 1. The fourth-order valence-electron chi connectivity index (χ4n) is 3.74. The third kappa shape index (κ3) is 6.55. The third-order valence-electron chi connectivity index (χ3n) is 5.49. The number of aromatic nitrogens is 2. The molecule has 0 bridgehead atoms. The van der Waals surface area contributed by atoms with E-state index in [1.54, 1.807) is 35.0 Å². The van der Waals surface area contributed by atoms with E-state index in [4.69, 9.17) is 21.1 Å². The molecule has 0 unspecified atom stereocenters. The first-order valence-corrected chi connectivity index (χ1v) is 13.6. The fraction of sp³-hybridized carbons (Fsp3) is 0.360. The van der Waals surface area contributed by atoms with Crippen LogP contribution < -0.4 is 14.8 Å². The zero-order valence-electron chi connectivity index (χ0n) is 19.6. The second kappa shape index (κ2) is 10.7. The number of hydrogen-bond donors (Lipinski definition) is 1. The van der Waals surface area contributed by atoms with E-state index in [2.05, 4.69) is 24.3 Å². The average molecular weight is 518 g/mol. The highest BCUT2D eigenvalue weighted by Crippen LogP contribution is 2.31. The lowest BCUT2D eigenvalue weighted by Gasteiger charge is -2.14. The Labute approximate surface area is 210 Å². The van der Waals surface area contributed by atoms with Gasteiger partial charge in [0.05, 0.1) is 34.9 Å². The summed E-state index contributed by atoms with van der Waals surface area (Å²) in [5.74, 6) is 1.66. The predicted molar refractivity (Wildman–Crippen MR) is 136 cm³/mol. The number of carbonyl (C=O) groups is 1. The van der Waals surface area contributed by atoms with E-state index in [0.29, 0.717) is 41.2 Å². The number of nitrogens with zero attached hydrogens (tertiary/aromatic N) is 2. The molecule has 1 fully saturated rings. The van der Waals surface area contributed by atoms with Crippen LogP contribution in [0, 0.1) is 5.92 Å². The van der Waals surface area contributed by atoms with Crippen LogP contribution in [0.15, 0.2) is 54.6 Å². The highest BCUT2D eigenvalue weighted by molar-refractivity contribution is 7.91. The molecule has 35 heavy (non-hydrogen) atoms. The lowest BCUT2D eigenvalue weighted by atomic mass is 10.1. The first-order valence-electron chi connectivity index (χ1n) is 11.4. The van der Waals surface area contributed by atoms with Gasteiger partial charge in [-0.05, 0) is 48.7 Å². The molecule has 186 valence electrons. The van der Waals surface area contributed by atoms with Gasteiger partial charge in [-0.15, -0.1) is 0 Å². The van der Waals surface area contributed by atoms with Gasteiger partial charge in [0.2, 0.25) is 0 Å². The van der Waals surface area contributed by atoms with Crippen LogP contribution >= 0.6 is 11.6 Å². The van der Waals surface area contributed by atoms with Gasteiger partial charge in [0.1, 0.15) is 17.3 Å². The average Bonchev–Trinajstić information content (AvgIpc) is 3.40. The molecule has 1 aliphatic rings. The molecule has 1 saturated heterocycles. The maximum absolute atomic E-state index is 12.7. The van der Waals surface area contributed by atoms with Crippen LogP contribution in [0.3, 0.4) is 0 Å². The first kappa shape index (κ1) is 25.1. The molecular formula is C25H28ClN3O5S. The quantitative estimate of drug-likeness (QED) is 0.445. The molecule has 1 N–H and O–H groups in total. The van der Waals surface area contributed by atoms with Gasteiger partial charge in [-0.25, -0.2) is 13.1 Å². The summed E-state index contributed by atoms with van der Waals surface area (Å²) >= 11 is 6.09. The van der Waals surface area contributed by atoms with E-state index < -0.39 is 15.7 Å². The highest BCUT2D eigenvalue weighted by Gasteiger charge is 2.32. The SMILES string of the molecule is CC(C)COc1ccc(-c2cc(NC(=O)COc3ccccc3Cl)n([C@@H]3CCS(=O)(=O)C3)n2)cc1. The summed E-state index contributed by atoms with van der Waals surface area (Å²) in [7, 11) is -3.14. The molecule has 1 amide bonds. The molecule has 3 aromatic rings. The molecule has 1 aromatic heterocycles. The Morgan fingerprint density at radius 1 is 1.17 bits per heavy atom. The number of para-hydroxylation sites is 1. The molecule has 0 radical (unpaired) electrons. The van der Waals surface area contributed by atoms with Crippen LogP contribution in [-0.4, -0.2) is 48.8 Å². The van der Waals surface area contributed by atoms with Gasteiger partial charge >= 0.3 is 0 Å². The van der Waals surface area contributed by atoms with Crippen LogP contribution in [0.5, 0.6) is 11.5 Å². The molecule has 0 aliphatic carbocycles. The monoisotopic (exact) mass is 517 g/mol. The summed E-state index contributed by atoms with van der Waals surface area (Å²) < 4.78 is 37.0. The summed E-state index contributed by atoms with van der Waals surface area (Å²) in [5.41, 5.74) is 1.44. The van der Waals surface area contributed by atoms with Gasteiger partial charge in [0, 0.05) is 11.6 Å². The summed E-state index contributed by atoms with van der Waals surface area (Å²) in [4.78, 5) is 12.7.